The number of piperidine rings is 3. The summed E-state index contributed by atoms with van der Waals surface area (Å²) in [4.78, 5) is 20.0. The molecule has 0 aliphatic carbocycles. The highest BCUT2D eigenvalue weighted by Crippen LogP contribution is 2.31. The number of H-pyrrole nitrogens is 1. The first kappa shape index (κ1) is 15.3. The molecule has 4 fully saturated rings. The molecule has 25 heavy (non-hydrogen) atoms. The van der Waals surface area contributed by atoms with E-state index in [0.717, 1.165) is 43.1 Å². The monoisotopic (exact) mass is 340 g/mol. The van der Waals surface area contributed by atoms with Crippen LogP contribution in [0.1, 0.15) is 23.2 Å². The van der Waals surface area contributed by atoms with Crippen molar-refractivity contribution in [3.05, 3.63) is 23.8 Å². The number of carbonyl (C=O) groups excluding carboxylic acids is 1. The number of hydrogen-bond donors (Lipinski definition) is 1. The summed E-state index contributed by atoms with van der Waals surface area (Å²) in [6, 6.07) is 6.25. The Bertz CT molecular complexity index is 773. The second kappa shape index (κ2) is 6.07. The molecular weight excluding hydrogens is 316 g/mol. The van der Waals surface area contributed by atoms with E-state index in [-0.39, 0.29) is 5.91 Å². The molecule has 1 atom stereocenters. The van der Waals surface area contributed by atoms with Gasteiger partial charge in [-0.2, -0.15) is 15.4 Å². The molecule has 0 unspecified atom stereocenters. The van der Waals surface area contributed by atoms with Crippen molar-refractivity contribution in [1.29, 1.82) is 0 Å². The van der Waals surface area contributed by atoms with Crippen molar-refractivity contribution in [2.24, 2.45) is 5.92 Å². The van der Waals surface area contributed by atoms with Crippen molar-refractivity contribution >= 4 is 16.9 Å². The summed E-state index contributed by atoms with van der Waals surface area (Å²) in [5.41, 5.74) is 2.25. The molecule has 7 nitrogen and oxygen atoms in total. The minimum atomic E-state index is 0.110. The van der Waals surface area contributed by atoms with E-state index >= 15 is 0 Å². The molecule has 0 radical (unpaired) electrons. The van der Waals surface area contributed by atoms with E-state index in [9.17, 15) is 4.79 Å². The SMILES string of the molecule is O=C(c1ccc2n[nH]nc2c1)N1CCN([C@H]2CN3CCC2CC3)CC1. The Morgan fingerprint density at radius 2 is 1.76 bits per heavy atom. The molecule has 0 spiro atoms. The summed E-state index contributed by atoms with van der Waals surface area (Å²) < 4.78 is 0. The Balaban J connectivity index is 1.24. The van der Waals surface area contributed by atoms with Crippen LogP contribution < -0.4 is 0 Å². The normalized spacial score (nSPS) is 30.1. The van der Waals surface area contributed by atoms with Gasteiger partial charge in [-0.05, 0) is 50.0 Å². The highest BCUT2D eigenvalue weighted by Gasteiger charge is 2.38. The number of aromatic amines is 1. The van der Waals surface area contributed by atoms with Crippen LogP contribution in [0.3, 0.4) is 0 Å². The maximum atomic E-state index is 12.8. The lowest BCUT2D eigenvalue weighted by Gasteiger charge is -2.51. The van der Waals surface area contributed by atoms with Gasteiger partial charge in [0.25, 0.3) is 5.91 Å². The number of aromatic nitrogens is 3. The highest BCUT2D eigenvalue weighted by atomic mass is 16.2. The lowest BCUT2D eigenvalue weighted by Crippen LogP contribution is -2.61. The molecule has 0 saturated carbocycles. The van der Waals surface area contributed by atoms with E-state index in [1.54, 1.807) is 0 Å². The molecule has 1 amide bonds. The van der Waals surface area contributed by atoms with E-state index in [1.807, 2.05) is 23.1 Å². The number of nitrogens with one attached hydrogen (secondary N) is 1. The second-order valence-electron chi connectivity index (χ2n) is 7.56. The van der Waals surface area contributed by atoms with Crippen LogP contribution in [-0.4, -0.2) is 87.9 Å². The summed E-state index contributed by atoms with van der Waals surface area (Å²) in [5.74, 6) is 0.972. The number of benzene rings is 1. The van der Waals surface area contributed by atoms with Crippen molar-refractivity contribution in [3.8, 4) is 0 Å². The van der Waals surface area contributed by atoms with E-state index in [1.165, 1.54) is 32.5 Å². The Morgan fingerprint density at radius 3 is 2.48 bits per heavy atom. The van der Waals surface area contributed by atoms with Gasteiger partial charge in [-0.15, -0.1) is 0 Å². The third-order valence-electron chi connectivity index (χ3n) is 6.26. The van der Waals surface area contributed by atoms with E-state index in [0.29, 0.717) is 11.6 Å². The van der Waals surface area contributed by atoms with Crippen molar-refractivity contribution in [2.75, 3.05) is 45.8 Å². The molecule has 4 aliphatic rings. The lowest BCUT2D eigenvalue weighted by molar-refractivity contribution is -0.0131. The topological polar surface area (TPSA) is 68.4 Å². The van der Waals surface area contributed by atoms with Gasteiger partial charge in [0.1, 0.15) is 11.0 Å². The fourth-order valence-electron chi connectivity index (χ4n) is 4.76. The number of piperazine rings is 1. The lowest BCUT2D eigenvalue weighted by atomic mass is 9.83. The number of nitrogens with zero attached hydrogens (tertiary/aromatic N) is 5. The number of amides is 1. The average molecular weight is 340 g/mol. The molecule has 4 saturated heterocycles. The van der Waals surface area contributed by atoms with Crippen LogP contribution in [0.2, 0.25) is 0 Å². The van der Waals surface area contributed by atoms with Crippen molar-refractivity contribution in [3.63, 3.8) is 0 Å². The minimum absolute atomic E-state index is 0.110. The predicted molar refractivity (Wildman–Crippen MR) is 94.3 cm³/mol. The van der Waals surface area contributed by atoms with Crippen LogP contribution in [-0.2, 0) is 0 Å². The largest absolute Gasteiger partial charge is 0.336 e. The first-order chi connectivity index (χ1) is 12.3. The molecule has 7 heteroatoms. The standard InChI is InChI=1S/C18H24N6O/c25-18(14-1-2-15-16(11-14)20-21-19-15)24-9-7-23(8-10-24)17-12-22-5-3-13(17)4-6-22/h1-2,11,13,17H,3-10,12H2,(H,19,20,21)/t17-/m0/s1. The Hall–Kier alpha value is -1.99. The van der Waals surface area contributed by atoms with Crippen LogP contribution in [0.25, 0.3) is 11.0 Å². The molecule has 1 N–H and O–H groups in total. The zero-order valence-electron chi connectivity index (χ0n) is 14.4. The second-order valence-corrected chi connectivity index (χ2v) is 7.56. The van der Waals surface area contributed by atoms with Crippen LogP contribution in [0.5, 0.6) is 0 Å². The minimum Gasteiger partial charge on any atom is -0.336 e. The van der Waals surface area contributed by atoms with Crippen molar-refractivity contribution in [1.82, 2.24) is 30.1 Å². The van der Waals surface area contributed by atoms with Crippen molar-refractivity contribution in [2.45, 2.75) is 18.9 Å². The summed E-state index contributed by atoms with van der Waals surface area (Å²) >= 11 is 0. The Labute approximate surface area is 147 Å². The number of rotatable bonds is 2. The summed E-state index contributed by atoms with van der Waals surface area (Å²) in [5, 5.41) is 10.7. The van der Waals surface area contributed by atoms with Crippen LogP contribution >= 0.6 is 0 Å². The number of hydrogen-bond acceptors (Lipinski definition) is 5. The van der Waals surface area contributed by atoms with Gasteiger partial charge in [0.2, 0.25) is 0 Å². The zero-order valence-corrected chi connectivity index (χ0v) is 14.4. The molecule has 2 aromatic rings. The van der Waals surface area contributed by atoms with Gasteiger partial charge < -0.3 is 9.80 Å². The van der Waals surface area contributed by atoms with Crippen molar-refractivity contribution < 1.29 is 4.79 Å². The smallest absolute Gasteiger partial charge is 0.254 e. The average Bonchev–Trinajstić information content (AvgIpc) is 3.16. The molecule has 2 bridgehead atoms. The molecule has 5 heterocycles. The third kappa shape index (κ3) is 2.71. The molecular formula is C18H24N6O. The van der Waals surface area contributed by atoms with Gasteiger partial charge in [0.05, 0.1) is 0 Å². The molecule has 6 rings (SSSR count). The molecule has 1 aromatic carbocycles. The number of fused-ring (bicyclic) bond motifs is 4. The predicted octanol–water partition coefficient (Wildman–Crippen LogP) is 0.810. The van der Waals surface area contributed by atoms with Gasteiger partial charge in [-0.3, -0.25) is 9.69 Å². The first-order valence-electron chi connectivity index (χ1n) is 9.34. The van der Waals surface area contributed by atoms with Gasteiger partial charge in [-0.1, -0.05) is 0 Å². The first-order valence-corrected chi connectivity index (χ1v) is 9.34. The van der Waals surface area contributed by atoms with Gasteiger partial charge in [0.15, 0.2) is 0 Å². The summed E-state index contributed by atoms with van der Waals surface area (Å²) in [6.45, 7) is 7.41. The zero-order chi connectivity index (χ0) is 16.8. The maximum Gasteiger partial charge on any atom is 0.254 e. The Kier molecular flexibility index (Phi) is 3.71. The fourth-order valence-corrected chi connectivity index (χ4v) is 4.76. The number of carbonyl (C=O) groups is 1. The van der Waals surface area contributed by atoms with E-state index in [4.69, 9.17) is 0 Å². The van der Waals surface area contributed by atoms with E-state index in [2.05, 4.69) is 25.2 Å². The van der Waals surface area contributed by atoms with Gasteiger partial charge in [-0.25, -0.2) is 0 Å². The van der Waals surface area contributed by atoms with E-state index < -0.39 is 0 Å². The molecule has 1 aromatic heterocycles. The summed E-state index contributed by atoms with van der Waals surface area (Å²) in [7, 11) is 0. The highest BCUT2D eigenvalue weighted by molar-refractivity contribution is 5.97. The van der Waals surface area contributed by atoms with Crippen LogP contribution in [0.4, 0.5) is 0 Å². The van der Waals surface area contributed by atoms with Crippen LogP contribution in [0.15, 0.2) is 18.2 Å². The fraction of sp³-hybridized carbons (Fsp3) is 0.611. The Morgan fingerprint density at radius 1 is 1.00 bits per heavy atom. The quantitative estimate of drug-likeness (QED) is 0.876. The van der Waals surface area contributed by atoms with Crippen LogP contribution in [0, 0.1) is 5.92 Å². The van der Waals surface area contributed by atoms with Gasteiger partial charge >= 0.3 is 0 Å². The van der Waals surface area contributed by atoms with Gasteiger partial charge in [0, 0.05) is 44.3 Å². The molecule has 132 valence electrons. The molecule has 4 aliphatic heterocycles. The third-order valence-corrected chi connectivity index (χ3v) is 6.26. The summed E-state index contributed by atoms with van der Waals surface area (Å²) in [6.07, 6.45) is 2.70. The maximum absolute atomic E-state index is 12.8.